The van der Waals surface area contributed by atoms with Gasteiger partial charge in [0.15, 0.2) is 0 Å². The quantitative estimate of drug-likeness (QED) is 0.703. The third-order valence-corrected chi connectivity index (χ3v) is 4.60. The van der Waals surface area contributed by atoms with Gasteiger partial charge in [0.05, 0.1) is 12.5 Å². The molecule has 5 nitrogen and oxygen atoms in total. The molecule has 0 spiro atoms. The molecular formula is C13H21N3O2. The summed E-state index contributed by atoms with van der Waals surface area (Å²) in [5.41, 5.74) is 0. The summed E-state index contributed by atoms with van der Waals surface area (Å²) in [6.07, 6.45) is 4.17. The van der Waals surface area contributed by atoms with Gasteiger partial charge in [-0.15, -0.1) is 0 Å². The van der Waals surface area contributed by atoms with E-state index in [0.29, 0.717) is 12.1 Å². The molecule has 0 aromatic rings. The van der Waals surface area contributed by atoms with Crippen molar-refractivity contribution in [1.29, 1.82) is 0 Å². The molecule has 3 aliphatic rings. The molecule has 2 amide bonds. The number of fused-ring (bicyclic) bond motifs is 2. The summed E-state index contributed by atoms with van der Waals surface area (Å²) in [6.45, 7) is 1.75. The van der Waals surface area contributed by atoms with E-state index >= 15 is 0 Å². The number of amides is 2. The summed E-state index contributed by atoms with van der Waals surface area (Å²) in [7, 11) is 1.81. The van der Waals surface area contributed by atoms with Crippen molar-refractivity contribution >= 4 is 11.8 Å². The van der Waals surface area contributed by atoms with Crippen LogP contribution < -0.4 is 5.32 Å². The van der Waals surface area contributed by atoms with Crippen molar-refractivity contribution in [2.24, 2.45) is 5.92 Å². The van der Waals surface area contributed by atoms with Crippen LogP contribution in [-0.4, -0.2) is 60.4 Å². The van der Waals surface area contributed by atoms with E-state index in [-0.39, 0.29) is 24.3 Å². The van der Waals surface area contributed by atoms with Crippen molar-refractivity contribution < 1.29 is 9.59 Å². The van der Waals surface area contributed by atoms with E-state index in [4.69, 9.17) is 0 Å². The second-order valence-electron chi connectivity index (χ2n) is 5.82. The summed E-state index contributed by atoms with van der Waals surface area (Å²) < 4.78 is 0. The van der Waals surface area contributed by atoms with Crippen molar-refractivity contribution in [3.8, 4) is 0 Å². The summed E-state index contributed by atoms with van der Waals surface area (Å²) in [4.78, 5) is 27.8. The first-order chi connectivity index (χ1) is 8.65. The minimum absolute atomic E-state index is 0.0666. The van der Waals surface area contributed by atoms with Crippen molar-refractivity contribution in [3.05, 3.63) is 0 Å². The number of hydrogen-bond donors (Lipinski definition) is 1. The molecule has 3 unspecified atom stereocenters. The predicted octanol–water partition coefficient (Wildman–Crippen LogP) is -0.182. The molecule has 18 heavy (non-hydrogen) atoms. The molecule has 0 radical (unpaired) electrons. The van der Waals surface area contributed by atoms with Crippen LogP contribution in [0.4, 0.5) is 0 Å². The van der Waals surface area contributed by atoms with Gasteiger partial charge in [0, 0.05) is 32.2 Å². The monoisotopic (exact) mass is 251 g/mol. The van der Waals surface area contributed by atoms with Gasteiger partial charge in [-0.1, -0.05) is 0 Å². The lowest BCUT2D eigenvalue weighted by Gasteiger charge is -2.27. The highest BCUT2D eigenvalue weighted by molar-refractivity contribution is 5.87. The van der Waals surface area contributed by atoms with Crippen LogP contribution in [0.3, 0.4) is 0 Å². The lowest BCUT2D eigenvalue weighted by molar-refractivity contribution is -0.141. The number of carbonyl (C=O) groups is 2. The lowest BCUT2D eigenvalue weighted by Crippen LogP contribution is -2.44. The predicted molar refractivity (Wildman–Crippen MR) is 66.9 cm³/mol. The topological polar surface area (TPSA) is 52.6 Å². The molecule has 3 aliphatic heterocycles. The van der Waals surface area contributed by atoms with Gasteiger partial charge in [-0.25, -0.2) is 0 Å². The van der Waals surface area contributed by atoms with Crippen LogP contribution in [0.5, 0.6) is 0 Å². The molecule has 3 fully saturated rings. The zero-order valence-corrected chi connectivity index (χ0v) is 10.9. The van der Waals surface area contributed by atoms with Gasteiger partial charge in [0.1, 0.15) is 0 Å². The molecule has 1 N–H and O–H groups in total. The van der Waals surface area contributed by atoms with Crippen LogP contribution in [0, 0.1) is 5.92 Å². The molecule has 0 aromatic carbocycles. The first-order valence-corrected chi connectivity index (χ1v) is 6.94. The molecule has 2 bridgehead atoms. The van der Waals surface area contributed by atoms with Crippen LogP contribution in [0.15, 0.2) is 0 Å². The molecule has 3 saturated heterocycles. The number of rotatable bonds is 1. The molecular weight excluding hydrogens is 230 g/mol. The molecule has 0 aliphatic carbocycles. The Hall–Kier alpha value is -1.10. The Balaban J connectivity index is 1.67. The highest BCUT2D eigenvalue weighted by atomic mass is 16.2. The van der Waals surface area contributed by atoms with Crippen molar-refractivity contribution in [2.75, 3.05) is 26.7 Å². The average Bonchev–Trinajstić information content (AvgIpc) is 2.94. The summed E-state index contributed by atoms with van der Waals surface area (Å²) in [5.74, 6) is 0.371. The van der Waals surface area contributed by atoms with Crippen LogP contribution >= 0.6 is 0 Å². The molecule has 3 rings (SSSR count). The minimum atomic E-state index is 0.0666. The van der Waals surface area contributed by atoms with E-state index in [0.717, 1.165) is 32.4 Å². The smallest absolute Gasteiger partial charge is 0.241 e. The van der Waals surface area contributed by atoms with Crippen molar-refractivity contribution in [1.82, 2.24) is 15.1 Å². The Morgan fingerprint density at radius 3 is 2.83 bits per heavy atom. The van der Waals surface area contributed by atoms with Crippen LogP contribution in [0.2, 0.25) is 0 Å². The normalized spacial score (nSPS) is 36.1. The van der Waals surface area contributed by atoms with Gasteiger partial charge in [-0.2, -0.15) is 0 Å². The third-order valence-electron chi connectivity index (χ3n) is 4.60. The first-order valence-electron chi connectivity index (χ1n) is 6.94. The number of carbonyl (C=O) groups excluding carboxylic acids is 2. The number of likely N-dealkylation sites (N-methyl/N-ethyl adjacent to an activating group) is 1. The van der Waals surface area contributed by atoms with Gasteiger partial charge >= 0.3 is 0 Å². The van der Waals surface area contributed by atoms with E-state index in [1.165, 1.54) is 6.42 Å². The lowest BCUT2D eigenvalue weighted by atomic mass is 9.88. The molecule has 5 heteroatoms. The summed E-state index contributed by atoms with van der Waals surface area (Å²) in [5, 5.41) is 3.49. The Kier molecular flexibility index (Phi) is 3.01. The second kappa shape index (κ2) is 4.53. The van der Waals surface area contributed by atoms with E-state index in [1.54, 1.807) is 9.80 Å². The molecule has 100 valence electrons. The maximum absolute atomic E-state index is 12.5. The van der Waals surface area contributed by atoms with E-state index in [2.05, 4.69) is 5.32 Å². The standard InChI is InChI=1S/C13H21N3O2/c1-15-5-2-6-16(8-12(15)17)13(18)10-7-9-3-4-11(10)14-9/h9-11,14H,2-8H2,1H3. The average molecular weight is 251 g/mol. The zero-order valence-electron chi connectivity index (χ0n) is 10.9. The van der Waals surface area contributed by atoms with Gasteiger partial charge in [-0.05, 0) is 25.7 Å². The molecule has 3 atom stereocenters. The SMILES string of the molecule is CN1CCCN(C(=O)C2CC3CCC2N3)CC1=O. The van der Waals surface area contributed by atoms with Gasteiger partial charge in [-0.3, -0.25) is 9.59 Å². The Morgan fingerprint density at radius 1 is 1.33 bits per heavy atom. The van der Waals surface area contributed by atoms with E-state index in [9.17, 15) is 9.59 Å². The summed E-state index contributed by atoms with van der Waals surface area (Å²) >= 11 is 0. The Morgan fingerprint density at radius 2 is 2.17 bits per heavy atom. The second-order valence-corrected chi connectivity index (χ2v) is 5.82. The Labute approximate surface area is 107 Å². The maximum Gasteiger partial charge on any atom is 0.241 e. The van der Waals surface area contributed by atoms with Crippen molar-refractivity contribution in [3.63, 3.8) is 0 Å². The Bertz CT molecular complexity index is 371. The third kappa shape index (κ3) is 2.00. The molecule has 0 aromatic heterocycles. The number of nitrogens with one attached hydrogen (secondary N) is 1. The van der Waals surface area contributed by atoms with Crippen molar-refractivity contribution in [2.45, 2.75) is 37.8 Å². The van der Waals surface area contributed by atoms with Crippen LogP contribution in [-0.2, 0) is 9.59 Å². The number of nitrogens with zero attached hydrogens (tertiary/aromatic N) is 2. The van der Waals surface area contributed by atoms with E-state index < -0.39 is 0 Å². The van der Waals surface area contributed by atoms with E-state index in [1.807, 2.05) is 7.05 Å². The van der Waals surface area contributed by atoms with Crippen LogP contribution in [0.1, 0.15) is 25.7 Å². The van der Waals surface area contributed by atoms with Gasteiger partial charge < -0.3 is 15.1 Å². The highest BCUT2D eigenvalue weighted by Gasteiger charge is 2.44. The fourth-order valence-corrected chi connectivity index (χ4v) is 3.51. The number of hydrogen-bond acceptors (Lipinski definition) is 3. The fraction of sp³-hybridized carbons (Fsp3) is 0.846. The van der Waals surface area contributed by atoms with Gasteiger partial charge in [0.25, 0.3) is 0 Å². The maximum atomic E-state index is 12.5. The summed E-state index contributed by atoms with van der Waals surface area (Å²) in [6, 6.07) is 0.896. The minimum Gasteiger partial charge on any atom is -0.344 e. The molecule has 0 saturated carbocycles. The van der Waals surface area contributed by atoms with Gasteiger partial charge in [0.2, 0.25) is 11.8 Å². The van der Waals surface area contributed by atoms with Crippen LogP contribution in [0.25, 0.3) is 0 Å². The highest BCUT2D eigenvalue weighted by Crippen LogP contribution is 2.34. The fourth-order valence-electron chi connectivity index (χ4n) is 3.51. The first kappa shape index (κ1) is 12.0. The zero-order chi connectivity index (χ0) is 12.7. The molecule has 3 heterocycles. The largest absolute Gasteiger partial charge is 0.344 e.